The highest BCUT2D eigenvalue weighted by atomic mass is 16.4. The average Bonchev–Trinajstić information content (AvgIpc) is 2.65. The van der Waals surface area contributed by atoms with Gasteiger partial charge in [-0.2, -0.15) is 0 Å². The molecule has 2 aromatic rings. The maximum atomic E-state index is 13.2. The van der Waals surface area contributed by atoms with E-state index in [0.29, 0.717) is 6.42 Å². The highest BCUT2D eigenvalue weighted by Gasteiger charge is 2.27. The number of pyridine rings is 1. The number of nitrogens with zero attached hydrogens (tertiary/aromatic N) is 1. The Bertz CT molecular complexity index is 940. The summed E-state index contributed by atoms with van der Waals surface area (Å²) in [6, 6.07) is 11.0. The van der Waals surface area contributed by atoms with Crippen LogP contribution < -0.4 is 10.9 Å². The second-order valence-corrected chi connectivity index (χ2v) is 9.13. The Morgan fingerprint density at radius 1 is 1.10 bits per heavy atom. The topological polar surface area (TPSA) is 88.4 Å². The van der Waals surface area contributed by atoms with Gasteiger partial charge in [0.05, 0.1) is 12.5 Å². The Morgan fingerprint density at radius 2 is 1.80 bits per heavy atom. The van der Waals surface area contributed by atoms with E-state index in [1.165, 1.54) is 10.6 Å². The number of benzene rings is 1. The number of nitrogens with one attached hydrogen (secondary N) is 1. The lowest BCUT2D eigenvalue weighted by Gasteiger charge is -2.26. The molecule has 1 unspecified atom stereocenters. The number of aromatic nitrogens is 1. The maximum Gasteiger partial charge on any atom is 0.305 e. The molecule has 1 heterocycles. The number of aliphatic carboxylic acids is 1. The van der Waals surface area contributed by atoms with Crippen LogP contribution in [0.1, 0.15) is 70.7 Å². The van der Waals surface area contributed by atoms with Crippen molar-refractivity contribution in [2.45, 2.75) is 65.0 Å². The summed E-state index contributed by atoms with van der Waals surface area (Å²) in [5.41, 5.74) is 1.43. The van der Waals surface area contributed by atoms with Crippen LogP contribution in [0.5, 0.6) is 0 Å². The summed E-state index contributed by atoms with van der Waals surface area (Å²) >= 11 is 0. The van der Waals surface area contributed by atoms with Gasteiger partial charge in [0.15, 0.2) is 0 Å². The Kier molecular flexibility index (Phi) is 7.59. The SMILES string of the molecule is CC(C)CC(C(=O)N[C@H](CC(=O)O)c1cccc(C(C)(C)C)c1)n1ccccc1=O. The van der Waals surface area contributed by atoms with E-state index < -0.39 is 18.1 Å². The Morgan fingerprint density at radius 3 is 2.37 bits per heavy atom. The molecule has 1 aromatic carbocycles. The standard InChI is InChI=1S/C24H32N2O4/c1-16(2)13-20(26-12-7-6-11-21(26)27)23(30)25-19(15-22(28)29)17-9-8-10-18(14-17)24(3,4)5/h6-12,14,16,19-20H,13,15H2,1-5H3,(H,25,30)(H,28,29)/t19-,20?/m1/s1. The van der Waals surface area contributed by atoms with E-state index in [-0.39, 0.29) is 29.2 Å². The number of carboxylic acids is 1. The fourth-order valence-electron chi connectivity index (χ4n) is 3.41. The average molecular weight is 413 g/mol. The highest BCUT2D eigenvalue weighted by Crippen LogP contribution is 2.27. The number of amides is 1. The molecule has 6 heteroatoms. The fraction of sp³-hybridized carbons (Fsp3) is 0.458. The summed E-state index contributed by atoms with van der Waals surface area (Å²) in [5, 5.41) is 12.3. The van der Waals surface area contributed by atoms with Crippen LogP contribution in [0.4, 0.5) is 0 Å². The first kappa shape index (κ1) is 23.4. The van der Waals surface area contributed by atoms with Crippen molar-refractivity contribution in [2.75, 3.05) is 0 Å². The lowest BCUT2D eigenvalue weighted by atomic mass is 9.85. The third-order valence-corrected chi connectivity index (χ3v) is 5.03. The molecular formula is C24H32N2O4. The van der Waals surface area contributed by atoms with Crippen molar-refractivity contribution < 1.29 is 14.7 Å². The molecule has 162 valence electrons. The van der Waals surface area contributed by atoms with Crippen LogP contribution in [0.3, 0.4) is 0 Å². The molecule has 0 spiro atoms. The molecule has 2 rings (SSSR count). The zero-order chi connectivity index (χ0) is 22.5. The minimum atomic E-state index is -1.00. The van der Waals surface area contributed by atoms with Crippen LogP contribution in [0.2, 0.25) is 0 Å². The third kappa shape index (κ3) is 6.31. The lowest BCUT2D eigenvalue weighted by Crippen LogP contribution is -2.40. The summed E-state index contributed by atoms with van der Waals surface area (Å²) in [6.45, 7) is 10.2. The van der Waals surface area contributed by atoms with Crippen molar-refractivity contribution in [3.8, 4) is 0 Å². The molecule has 0 aliphatic rings. The molecule has 1 aromatic heterocycles. The maximum absolute atomic E-state index is 13.2. The van der Waals surface area contributed by atoms with Gasteiger partial charge in [-0.05, 0) is 34.9 Å². The molecule has 0 aliphatic carbocycles. The quantitative estimate of drug-likeness (QED) is 0.684. The molecule has 0 saturated heterocycles. The summed E-state index contributed by atoms with van der Waals surface area (Å²) in [7, 11) is 0. The first-order valence-corrected chi connectivity index (χ1v) is 10.3. The predicted octanol–water partition coefficient (Wildman–Crippen LogP) is 4.07. The second-order valence-electron chi connectivity index (χ2n) is 9.13. The zero-order valence-corrected chi connectivity index (χ0v) is 18.4. The van der Waals surface area contributed by atoms with E-state index in [0.717, 1.165) is 11.1 Å². The number of carboxylic acid groups (broad SMARTS) is 1. The van der Waals surface area contributed by atoms with Crippen molar-refractivity contribution in [3.63, 3.8) is 0 Å². The first-order chi connectivity index (χ1) is 14.0. The van der Waals surface area contributed by atoms with Gasteiger partial charge in [-0.25, -0.2) is 0 Å². The zero-order valence-electron chi connectivity index (χ0n) is 18.4. The number of rotatable bonds is 8. The number of hydrogen-bond acceptors (Lipinski definition) is 3. The van der Waals surface area contributed by atoms with Crippen LogP contribution in [0, 0.1) is 5.92 Å². The van der Waals surface area contributed by atoms with Gasteiger partial charge in [0.2, 0.25) is 5.91 Å². The van der Waals surface area contributed by atoms with E-state index in [1.807, 2.05) is 38.1 Å². The molecule has 0 radical (unpaired) electrons. The van der Waals surface area contributed by atoms with Gasteiger partial charge in [0, 0.05) is 12.3 Å². The molecule has 30 heavy (non-hydrogen) atoms. The van der Waals surface area contributed by atoms with Crippen LogP contribution >= 0.6 is 0 Å². The first-order valence-electron chi connectivity index (χ1n) is 10.3. The molecule has 0 bridgehead atoms. The monoisotopic (exact) mass is 412 g/mol. The van der Waals surface area contributed by atoms with Gasteiger partial charge in [-0.1, -0.05) is 65.0 Å². The Labute approximate surface area is 177 Å². The number of carbonyl (C=O) groups excluding carboxylic acids is 1. The number of carbonyl (C=O) groups is 2. The van der Waals surface area contributed by atoms with Crippen LogP contribution in [0.25, 0.3) is 0 Å². The van der Waals surface area contributed by atoms with Crippen LogP contribution in [-0.4, -0.2) is 21.6 Å². The smallest absolute Gasteiger partial charge is 0.305 e. The molecule has 6 nitrogen and oxygen atoms in total. The van der Waals surface area contributed by atoms with Crippen molar-refractivity contribution in [1.29, 1.82) is 0 Å². The van der Waals surface area contributed by atoms with E-state index in [1.54, 1.807) is 18.3 Å². The van der Waals surface area contributed by atoms with E-state index in [9.17, 15) is 19.5 Å². The summed E-state index contributed by atoms with van der Waals surface area (Å²) in [6.07, 6.45) is 1.83. The minimum Gasteiger partial charge on any atom is -0.481 e. The van der Waals surface area contributed by atoms with Gasteiger partial charge in [-0.15, -0.1) is 0 Å². The lowest BCUT2D eigenvalue weighted by molar-refractivity contribution is -0.138. The largest absolute Gasteiger partial charge is 0.481 e. The van der Waals surface area contributed by atoms with Crippen molar-refractivity contribution >= 4 is 11.9 Å². The fourth-order valence-corrected chi connectivity index (χ4v) is 3.41. The van der Waals surface area contributed by atoms with Crippen molar-refractivity contribution in [3.05, 3.63) is 70.1 Å². The Balaban J connectivity index is 2.39. The van der Waals surface area contributed by atoms with Crippen LogP contribution in [-0.2, 0) is 15.0 Å². The van der Waals surface area contributed by atoms with Gasteiger partial charge >= 0.3 is 5.97 Å². The molecule has 0 aliphatic heterocycles. The molecule has 2 N–H and O–H groups in total. The normalized spacial score (nSPS) is 13.7. The van der Waals surface area contributed by atoms with Crippen molar-refractivity contribution in [1.82, 2.24) is 9.88 Å². The van der Waals surface area contributed by atoms with E-state index >= 15 is 0 Å². The summed E-state index contributed by atoms with van der Waals surface area (Å²) < 4.78 is 1.42. The van der Waals surface area contributed by atoms with Gasteiger partial charge in [0.1, 0.15) is 6.04 Å². The molecule has 2 atom stereocenters. The van der Waals surface area contributed by atoms with Gasteiger partial charge < -0.3 is 15.0 Å². The molecule has 0 fully saturated rings. The molecule has 0 saturated carbocycles. The second kappa shape index (κ2) is 9.74. The van der Waals surface area contributed by atoms with Crippen LogP contribution in [0.15, 0.2) is 53.5 Å². The minimum absolute atomic E-state index is 0.106. The highest BCUT2D eigenvalue weighted by molar-refractivity contribution is 5.81. The van der Waals surface area contributed by atoms with E-state index in [4.69, 9.17) is 0 Å². The van der Waals surface area contributed by atoms with E-state index in [2.05, 4.69) is 26.1 Å². The predicted molar refractivity (Wildman–Crippen MR) is 117 cm³/mol. The third-order valence-electron chi connectivity index (χ3n) is 5.03. The summed E-state index contributed by atoms with van der Waals surface area (Å²) in [4.78, 5) is 37.1. The van der Waals surface area contributed by atoms with Crippen molar-refractivity contribution in [2.24, 2.45) is 5.92 Å². The van der Waals surface area contributed by atoms with Gasteiger partial charge in [-0.3, -0.25) is 14.4 Å². The summed E-state index contributed by atoms with van der Waals surface area (Å²) in [5.74, 6) is -1.18. The molecule has 1 amide bonds. The van der Waals surface area contributed by atoms with Gasteiger partial charge in [0.25, 0.3) is 5.56 Å². The Hall–Kier alpha value is -2.89. The molecular weight excluding hydrogens is 380 g/mol. The number of hydrogen-bond donors (Lipinski definition) is 2.